The lowest BCUT2D eigenvalue weighted by Crippen LogP contribution is -2.14. The Morgan fingerprint density at radius 2 is 1.84 bits per heavy atom. The minimum absolute atomic E-state index is 0.298. The van der Waals surface area contributed by atoms with Crippen LogP contribution in [0.25, 0.3) is 5.57 Å². The second kappa shape index (κ2) is 10.1. The molecule has 1 aromatic heterocycles. The van der Waals surface area contributed by atoms with E-state index in [-0.39, 0.29) is 5.91 Å². The van der Waals surface area contributed by atoms with Gasteiger partial charge in [0.05, 0.1) is 15.7 Å². The summed E-state index contributed by atoms with van der Waals surface area (Å²) in [6, 6.07) is 14.3. The molecular weight excluding hydrogens is 433 g/mol. The Balaban J connectivity index is 2.01. The molecule has 4 N–H and O–H groups in total. The Morgan fingerprint density at radius 3 is 2.52 bits per heavy atom. The molecule has 158 valence electrons. The number of pyridine rings is 1. The average molecular weight is 454 g/mol. The first-order chi connectivity index (χ1) is 14.9. The van der Waals surface area contributed by atoms with E-state index in [4.69, 9.17) is 28.9 Å². The number of aliphatic imine (C=N–C) groups is 1. The number of rotatable bonds is 6. The number of nitrogens with one attached hydrogen (secondary N) is 2. The summed E-state index contributed by atoms with van der Waals surface area (Å²) in [6.07, 6.45) is 4.72. The Hall–Kier alpha value is -3.35. The summed E-state index contributed by atoms with van der Waals surface area (Å²) in [5.74, 6) is 0.129. The summed E-state index contributed by atoms with van der Waals surface area (Å²) in [4.78, 5) is 21.4. The fourth-order valence-electron chi connectivity index (χ4n) is 2.84. The molecule has 2 aromatic carbocycles. The van der Waals surface area contributed by atoms with Gasteiger partial charge in [0, 0.05) is 48.0 Å². The number of carbonyl (C=O) groups is 1. The summed E-state index contributed by atoms with van der Waals surface area (Å²) in [5.41, 5.74) is 9.86. The van der Waals surface area contributed by atoms with Crippen LogP contribution in [0.3, 0.4) is 0 Å². The second-order valence-electron chi connectivity index (χ2n) is 6.65. The number of amides is 1. The van der Waals surface area contributed by atoms with Crippen LogP contribution >= 0.6 is 23.2 Å². The number of nitrogens with two attached hydrogens (primary N) is 1. The van der Waals surface area contributed by atoms with E-state index < -0.39 is 0 Å². The first-order valence-corrected chi connectivity index (χ1v) is 10.1. The maximum absolute atomic E-state index is 12.9. The van der Waals surface area contributed by atoms with E-state index in [1.54, 1.807) is 37.7 Å². The van der Waals surface area contributed by atoms with E-state index in [0.29, 0.717) is 38.3 Å². The molecule has 1 amide bonds. The van der Waals surface area contributed by atoms with Crippen LogP contribution in [-0.4, -0.2) is 24.2 Å². The summed E-state index contributed by atoms with van der Waals surface area (Å²) >= 11 is 12.0. The highest BCUT2D eigenvalue weighted by molar-refractivity contribution is 6.42. The monoisotopic (exact) mass is 453 g/mol. The van der Waals surface area contributed by atoms with E-state index in [1.165, 1.54) is 12.3 Å². The third kappa shape index (κ3) is 5.42. The molecule has 0 fully saturated rings. The zero-order valence-corrected chi connectivity index (χ0v) is 18.5. The number of benzene rings is 2. The van der Waals surface area contributed by atoms with Gasteiger partial charge in [0.15, 0.2) is 5.82 Å². The molecule has 1 heterocycles. The third-order valence-corrected chi connectivity index (χ3v) is 5.24. The zero-order valence-electron chi connectivity index (χ0n) is 17.0. The Kier molecular flexibility index (Phi) is 7.28. The minimum atomic E-state index is -0.354. The molecule has 6 nitrogen and oxygen atoms in total. The summed E-state index contributed by atoms with van der Waals surface area (Å²) in [6.45, 7) is 1.98. The average Bonchev–Trinajstić information content (AvgIpc) is 2.76. The van der Waals surface area contributed by atoms with Gasteiger partial charge < -0.3 is 16.4 Å². The molecular formula is C23H21Cl2N5O. The van der Waals surface area contributed by atoms with Crippen LogP contribution in [0.2, 0.25) is 10.0 Å². The van der Waals surface area contributed by atoms with Crippen LogP contribution in [0.15, 0.2) is 65.9 Å². The lowest BCUT2D eigenvalue weighted by Gasteiger charge is -2.15. The number of hydrogen-bond donors (Lipinski definition) is 3. The molecule has 3 rings (SSSR count). The van der Waals surface area contributed by atoms with Crippen LogP contribution in [0.5, 0.6) is 0 Å². The van der Waals surface area contributed by atoms with Crippen molar-refractivity contribution >= 4 is 58.1 Å². The number of anilines is 3. The maximum Gasteiger partial charge on any atom is 0.255 e. The second-order valence-corrected chi connectivity index (χ2v) is 7.47. The smallest absolute Gasteiger partial charge is 0.255 e. The SMILES string of the molecule is CN=C/C(=C\N)c1cnc(Nc2ccccc2C)c(NC(=O)c2ccc(Cl)c(Cl)c2)c1. The zero-order chi connectivity index (χ0) is 22.4. The molecule has 3 aromatic rings. The predicted molar refractivity (Wildman–Crippen MR) is 130 cm³/mol. The highest BCUT2D eigenvalue weighted by atomic mass is 35.5. The van der Waals surface area contributed by atoms with Crippen LogP contribution < -0.4 is 16.4 Å². The van der Waals surface area contributed by atoms with Gasteiger partial charge in [0.1, 0.15) is 0 Å². The van der Waals surface area contributed by atoms with Gasteiger partial charge in [0.25, 0.3) is 5.91 Å². The van der Waals surface area contributed by atoms with Crippen LogP contribution in [0, 0.1) is 6.92 Å². The Morgan fingerprint density at radius 1 is 1.06 bits per heavy atom. The molecule has 0 saturated heterocycles. The van der Waals surface area contributed by atoms with Crippen molar-refractivity contribution in [2.45, 2.75) is 6.92 Å². The van der Waals surface area contributed by atoms with Crippen molar-refractivity contribution in [3.05, 3.63) is 87.7 Å². The first kappa shape index (κ1) is 22.3. The summed E-state index contributed by atoms with van der Waals surface area (Å²) < 4.78 is 0. The molecule has 31 heavy (non-hydrogen) atoms. The van der Waals surface area contributed by atoms with Gasteiger partial charge in [-0.05, 0) is 42.8 Å². The number of para-hydroxylation sites is 1. The third-order valence-electron chi connectivity index (χ3n) is 4.50. The van der Waals surface area contributed by atoms with Gasteiger partial charge >= 0.3 is 0 Å². The van der Waals surface area contributed by atoms with E-state index >= 15 is 0 Å². The van der Waals surface area contributed by atoms with Gasteiger partial charge in [-0.3, -0.25) is 9.79 Å². The van der Waals surface area contributed by atoms with Crippen molar-refractivity contribution in [3.8, 4) is 0 Å². The number of nitrogens with zero attached hydrogens (tertiary/aromatic N) is 2. The summed E-state index contributed by atoms with van der Waals surface area (Å²) in [7, 11) is 1.65. The predicted octanol–water partition coefficient (Wildman–Crippen LogP) is 5.69. The van der Waals surface area contributed by atoms with Crippen molar-refractivity contribution in [1.82, 2.24) is 4.98 Å². The van der Waals surface area contributed by atoms with Crippen molar-refractivity contribution in [2.24, 2.45) is 10.7 Å². The van der Waals surface area contributed by atoms with Gasteiger partial charge in [0.2, 0.25) is 0 Å². The highest BCUT2D eigenvalue weighted by Gasteiger charge is 2.14. The summed E-state index contributed by atoms with van der Waals surface area (Å²) in [5, 5.41) is 6.85. The van der Waals surface area contributed by atoms with Crippen molar-refractivity contribution < 1.29 is 4.79 Å². The normalized spacial score (nSPS) is 11.5. The molecule has 0 radical (unpaired) electrons. The van der Waals surface area contributed by atoms with Crippen molar-refractivity contribution in [3.63, 3.8) is 0 Å². The van der Waals surface area contributed by atoms with E-state index in [2.05, 4.69) is 20.6 Å². The lowest BCUT2D eigenvalue weighted by molar-refractivity contribution is 0.102. The fourth-order valence-corrected chi connectivity index (χ4v) is 3.14. The number of aryl methyl sites for hydroxylation is 1. The van der Waals surface area contributed by atoms with E-state index in [9.17, 15) is 4.79 Å². The van der Waals surface area contributed by atoms with E-state index in [0.717, 1.165) is 11.3 Å². The van der Waals surface area contributed by atoms with Gasteiger partial charge in [-0.15, -0.1) is 0 Å². The molecule has 0 spiro atoms. The van der Waals surface area contributed by atoms with Crippen LogP contribution in [0.4, 0.5) is 17.2 Å². The van der Waals surface area contributed by atoms with Crippen molar-refractivity contribution in [2.75, 3.05) is 17.7 Å². The number of halogens is 2. The standard InChI is InChI=1S/C23H21Cl2N5O/c1-14-5-3-4-6-20(14)29-22-21(10-16(13-28-22)17(11-26)12-27-2)30-23(31)15-7-8-18(24)19(25)9-15/h3-13H,26H2,1-2H3,(H,28,29)(H,30,31)/b17-11+,27-12?. The molecule has 0 bridgehead atoms. The largest absolute Gasteiger partial charge is 0.404 e. The minimum Gasteiger partial charge on any atom is -0.404 e. The van der Waals surface area contributed by atoms with Gasteiger partial charge in [-0.25, -0.2) is 4.98 Å². The van der Waals surface area contributed by atoms with Crippen LogP contribution in [0.1, 0.15) is 21.5 Å². The molecule has 0 saturated carbocycles. The van der Waals surface area contributed by atoms with Crippen LogP contribution in [-0.2, 0) is 0 Å². The number of carbonyl (C=O) groups excluding carboxylic acids is 1. The topological polar surface area (TPSA) is 92.4 Å². The Bertz CT molecular complexity index is 1170. The molecule has 8 heteroatoms. The Labute approximate surface area is 190 Å². The molecule has 0 aliphatic carbocycles. The quantitative estimate of drug-likeness (QED) is 0.417. The fraction of sp³-hybridized carbons (Fsp3) is 0.0870. The van der Waals surface area contributed by atoms with E-state index in [1.807, 2.05) is 31.2 Å². The van der Waals surface area contributed by atoms with Crippen molar-refractivity contribution in [1.29, 1.82) is 0 Å². The number of hydrogen-bond acceptors (Lipinski definition) is 5. The van der Waals surface area contributed by atoms with Gasteiger partial charge in [-0.1, -0.05) is 41.4 Å². The highest BCUT2D eigenvalue weighted by Crippen LogP contribution is 2.29. The lowest BCUT2D eigenvalue weighted by atomic mass is 10.1. The first-order valence-electron chi connectivity index (χ1n) is 9.36. The van der Waals surface area contributed by atoms with Gasteiger partial charge in [-0.2, -0.15) is 0 Å². The maximum atomic E-state index is 12.9. The molecule has 0 aliphatic rings. The number of aromatic nitrogens is 1. The molecule has 0 aliphatic heterocycles. The molecule has 0 unspecified atom stereocenters. The molecule has 0 atom stereocenters. The number of allylic oxidation sites excluding steroid dienone is 1.